The fourth-order valence-electron chi connectivity index (χ4n) is 3.62. The van der Waals surface area contributed by atoms with E-state index in [4.69, 9.17) is 4.74 Å². The van der Waals surface area contributed by atoms with E-state index in [9.17, 15) is 4.79 Å². The van der Waals surface area contributed by atoms with Crippen LogP contribution in [0.3, 0.4) is 0 Å². The van der Waals surface area contributed by atoms with Crippen molar-refractivity contribution in [2.24, 2.45) is 0 Å². The summed E-state index contributed by atoms with van der Waals surface area (Å²) in [6.07, 6.45) is 0. The third-order valence-electron chi connectivity index (χ3n) is 5.28. The number of benzene rings is 2. The van der Waals surface area contributed by atoms with Gasteiger partial charge in [0.15, 0.2) is 0 Å². The molecule has 0 N–H and O–H groups in total. The molecule has 154 valence electrons. The standard InChI is InChI=1S/C24H26N4O2/c1-17-9-10-18(2)21(15-17)24(29)28-13-11-27(12-14-28)22-16-23(26-19(3)25-22)30-20-7-5-4-6-8-20/h4-10,15-16H,11-14H2,1-3H3. The fraction of sp³-hybridized carbons (Fsp3) is 0.292. The molecule has 0 saturated carbocycles. The van der Waals surface area contributed by atoms with Crippen LogP contribution in [0.1, 0.15) is 27.3 Å². The first kappa shape index (κ1) is 19.9. The van der Waals surface area contributed by atoms with Crippen LogP contribution in [0.15, 0.2) is 54.6 Å². The molecule has 0 bridgehead atoms. The summed E-state index contributed by atoms with van der Waals surface area (Å²) in [5, 5.41) is 0. The minimum absolute atomic E-state index is 0.0998. The first-order valence-electron chi connectivity index (χ1n) is 10.2. The molecule has 0 radical (unpaired) electrons. The van der Waals surface area contributed by atoms with Gasteiger partial charge in [-0.1, -0.05) is 35.9 Å². The number of hydrogen-bond acceptors (Lipinski definition) is 5. The highest BCUT2D eigenvalue weighted by atomic mass is 16.5. The Morgan fingerprint density at radius 2 is 1.63 bits per heavy atom. The molecule has 4 rings (SSSR count). The minimum Gasteiger partial charge on any atom is -0.439 e. The van der Waals surface area contributed by atoms with Gasteiger partial charge in [0.25, 0.3) is 5.91 Å². The lowest BCUT2D eigenvalue weighted by molar-refractivity contribution is 0.0745. The molecule has 6 nitrogen and oxygen atoms in total. The summed E-state index contributed by atoms with van der Waals surface area (Å²) in [4.78, 5) is 26.1. The monoisotopic (exact) mass is 402 g/mol. The summed E-state index contributed by atoms with van der Waals surface area (Å²) < 4.78 is 5.89. The van der Waals surface area contributed by atoms with E-state index in [0.29, 0.717) is 24.8 Å². The summed E-state index contributed by atoms with van der Waals surface area (Å²) in [5.41, 5.74) is 2.91. The van der Waals surface area contributed by atoms with Crippen molar-refractivity contribution >= 4 is 11.7 Å². The van der Waals surface area contributed by atoms with Crippen molar-refractivity contribution in [2.75, 3.05) is 31.1 Å². The van der Waals surface area contributed by atoms with Gasteiger partial charge in [-0.15, -0.1) is 0 Å². The van der Waals surface area contributed by atoms with Crippen molar-refractivity contribution in [3.8, 4) is 11.6 Å². The molecule has 1 aromatic heterocycles. The maximum Gasteiger partial charge on any atom is 0.254 e. The van der Waals surface area contributed by atoms with E-state index in [0.717, 1.165) is 41.3 Å². The third kappa shape index (κ3) is 4.43. The number of para-hydroxylation sites is 1. The van der Waals surface area contributed by atoms with Gasteiger partial charge < -0.3 is 14.5 Å². The number of aromatic nitrogens is 2. The second-order valence-corrected chi connectivity index (χ2v) is 7.62. The molecular formula is C24H26N4O2. The molecule has 1 amide bonds. The number of anilines is 1. The van der Waals surface area contributed by atoms with E-state index in [1.165, 1.54) is 0 Å². The van der Waals surface area contributed by atoms with Crippen LogP contribution in [0.4, 0.5) is 5.82 Å². The molecule has 1 saturated heterocycles. The average molecular weight is 402 g/mol. The number of amides is 1. The van der Waals surface area contributed by atoms with Gasteiger partial charge in [0.2, 0.25) is 5.88 Å². The molecule has 2 aromatic carbocycles. The zero-order chi connectivity index (χ0) is 21.1. The zero-order valence-electron chi connectivity index (χ0n) is 17.6. The topological polar surface area (TPSA) is 58.6 Å². The van der Waals surface area contributed by atoms with E-state index in [1.807, 2.05) is 80.3 Å². The first-order chi connectivity index (χ1) is 14.5. The zero-order valence-corrected chi connectivity index (χ0v) is 17.6. The largest absolute Gasteiger partial charge is 0.439 e. The number of hydrogen-bond donors (Lipinski definition) is 0. The summed E-state index contributed by atoms with van der Waals surface area (Å²) in [6, 6.07) is 17.5. The van der Waals surface area contributed by atoms with Crippen molar-refractivity contribution in [3.05, 3.63) is 77.1 Å². The molecule has 0 unspecified atom stereocenters. The lowest BCUT2D eigenvalue weighted by Crippen LogP contribution is -2.49. The van der Waals surface area contributed by atoms with Crippen LogP contribution >= 0.6 is 0 Å². The normalized spacial score (nSPS) is 14.0. The average Bonchev–Trinajstić information content (AvgIpc) is 2.75. The lowest BCUT2D eigenvalue weighted by Gasteiger charge is -2.35. The number of carbonyl (C=O) groups excluding carboxylic acids is 1. The van der Waals surface area contributed by atoms with E-state index in [-0.39, 0.29) is 5.91 Å². The molecule has 1 aliphatic rings. The summed E-state index contributed by atoms with van der Waals surface area (Å²) in [7, 11) is 0. The number of aryl methyl sites for hydroxylation is 3. The van der Waals surface area contributed by atoms with Gasteiger partial charge in [0, 0.05) is 37.8 Å². The molecule has 0 aliphatic carbocycles. The Kier molecular flexibility index (Phi) is 5.65. The van der Waals surface area contributed by atoms with Crippen LogP contribution < -0.4 is 9.64 Å². The number of carbonyl (C=O) groups is 1. The van der Waals surface area contributed by atoms with Crippen LogP contribution in [0.2, 0.25) is 0 Å². The maximum atomic E-state index is 13.0. The van der Waals surface area contributed by atoms with Gasteiger partial charge in [-0.3, -0.25) is 4.79 Å². The SMILES string of the molecule is Cc1ccc(C)c(C(=O)N2CCN(c3cc(Oc4ccccc4)nc(C)n3)CC2)c1. The molecule has 0 atom stereocenters. The molecular weight excluding hydrogens is 376 g/mol. The van der Waals surface area contributed by atoms with Crippen LogP contribution in [0, 0.1) is 20.8 Å². The van der Waals surface area contributed by atoms with Crippen molar-refractivity contribution < 1.29 is 9.53 Å². The molecule has 2 heterocycles. The summed E-state index contributed by atoms with van der Waals surface area (Å²) in [6.45, 7) is 8.62. The van der Waals surface area contributed by atoms with E-state index >= 15 is 0 Å². The predicted octanol–water partition coefficient (Wildman–Crippen LogP) is 4.16. The highest BCUT2D eigenvalue weighted by molar-refractivity contribution is 5.96. The molecule has 1 aliphatic heterocycles. The fourth-order valence-corrected chi connectivity index (χ4v) is 3.62. The Labute approximate surface area is 177 Å². The van der Waals surface area contributed by atoms with Crippen LogP contribution in [-0.4, -0.2) is 47.0 Å². The number of rotatable bonds is 4. The maximum absolute atomic E-state index is 13.0. The Morgan fingerprint density at radius 1 is 0.900 bits per heavy atom. The van der Waals surface area contributed by atoms with Gasteiger partial charge in [0.05, 0.1) is 0 Å². The van der Waals surface area contributed by atoms with E-state index in [1.54, 1.807) is 0 Å². The lowest BCUT2D eigenvalue weighted by atomic mass is 10.0. The Bertz CT molecular complexity index is 1040. The van der Waals surface area contributed by atoms with Gasteiger partial charge >= 0.3 is 0 Å². The van der Waals surface area contributed by atoms with Gasteiger partial charge in [-0.2, -0.15) is 4.98 Å². The van der Waals surface area contributed by atoms with Gasteiger partial charge in [0.1, 0.15) is 17.4 Å². The van der Waals surface area contributed by atoms with Gasteiger partial charge in [-0.25, -0.2) is 4.98 Å². The highest BCUT2D eigenvalue weighted by Gasteiger charge is 2.24. The summed E-state index contributed by atoms with van der Waals surface area (Å²) >= 11 is 0. The number of nitrogens with zero attached hydrogens (tertiary/aromatic N) is 4. The van der Waals surface area contributed by atoms with Crippen LogP contribution in [0.25, 0.3) is 0 Å². The first-order valence-corrected chi connectivity index (χ1v) is 10.2. The summed E-state index contributed by atoms with van der Waals surface area (Å²) in [5.74, 6) is 2.85. The Balaban J connectivity index is 1.45. The predicted molar refractivity (Wildman–Crippen MR) is 117 cm³/mol. The molecule has 0 spiro atoms. The molecule has 3 aromatic rings. The Morgan fingerprint density at radius 3 is 2.37 bits per heavy atom. The number of piperazine rings is 1. The van der Waals surface area contributed by atoms with Crippen LogP contribution in [-0.2, 0) is 0 Å². The van der Waals surface area contributed by atoms with E-state index < -0.39 is 0 Å². The molecule has 30 heavy (non-hydrogen) atoms. The van der Waals surface area contributed by atoms with Crippen molar-refractivity contribution in [1.29, 1.82) is 0 Å². The highest BCUT2D eigenvalue weighted by Crippen LogP contribution is 2.24. The van der Waals surface area contributed by atoms with Crippen molar-refractivity contribution in [2.45, 2.75) is 20.8 Å². The molecule has 6 heteroatoms. The third-order valence-corrected chi connectivity index (χ3v) is 5.28. The van der Waals surface area contributed by atoms with Gasteiger partial charge in [-0.05, 0) is 44.5 Å². The smallest absolute Gasteiger partial charge is 0.254 e. The number of ether oxygens (including phenoxy) is 1. The quantitative estimate of drug-likeness (QED) is 0.656. The molecule has 1 fully saturated rings. The second kappa shape index (κ2) is 8.53. The van der Waals surface area contributed by atoms with Crippen LogP contribution in [0.5, 0.6) is 11.6 Å². The minimum atomic E-state index is 0.0998. The van der Waals surface area contributed by atoms with Crippen molar-refractivity contribution in [3.63, 3.8) is 0 Å². The van der Waals surface area contributed by atoms with E-state index in [2.05, 4.69) is 14.9 Å². The Hall–Kier alpha value is -3.41. The second-order valence-electron chi connectivity index (χ2n) is 7.62. The van der Waals surface area contributed by atoms with Crippen molar-refractivity contribution in [1.82, 2.24) is 14.9 Å².